The standard InChI is InChI=1S/C19H13ClFN5O2/c20-13-2-1-3-15(6-13)24-19-16(7-22)18(25-26-19)23-8-11-4-14(21)5-12-9-27-10-28-17(11)12/h1-6,8H,9-10H2,(H2,24,25,26)/b23-8+. The lowest BCUT2D eigenvalue weighted by atomic mass is 10.1. The van der Waals surface area contributed by atoms with Gasteiger partial charge in [0.05, 0.1) is 6.61 Å². The maximum atomic E-state index is 13.8. The van der Waals surface area contributed by atoms with Crippen LogP contribution in [0.5, 0.6) is 5.75 Å². The number of ether oxygens (including phenoxy) is 2. The number of rotatable bonds is 4. The van der Waals surface area contributed by atoms with Crippen molar-refractivity contribution < 1.29 is 13.9 Å². The fraction of sp³-hybridized carbons (Fsp3) is 0.105. The molecule has 0 bridgehead atoms. The number of nitrogens with zero attached hydrogens (tertiary/aromatic N) is 3. The van der Waals surface area contributed by atoms with E-state index in [-0.39, 0.29) is 24.8 Å². The highest BCUT2D eigenvalue weighted by atomic mass is 35.5. The summed E-state index contributed by atoms with van der Waals surface area (Å²) in [4.78, 5) is 4.26. The van der Waals surface area contributed by atoms with Crippen LogP contribution >= 0.6 is 11.6 Å². The second-order valence-corrected chi connectivity index (χ2v) is 6.33. The number of benzene rings is 2. The van der Waals surface area contributed by atoms with Crippen LogP contribution in [0.2, 0.25) is 5.02 Å². The summed E-state index contributed by atoms with van der Waals surface area (Å²) in [5, 5.41) is 19.9. The number of halogens is 2. The molecule has 1 aliphatic heterocycles. The molecule has 7 nitrogen and oxygen atoms in total. The number of aromatic nitrogens is 2. The number of anilines is 2. The minimum atomic E-state index is -0.428. The molecule has 28 heavy (non-hydrogen) atoms. The van der Waals surface area contributed by atoms with Crippen molar-refractivity contribution in [2.45, 2.75) is 6.61 Å². The van der Waals surface area contributed by atoms with Crippen LogP contribution in [0.4, 0.5) is 21.7 Å². The van der Waals surface area contributed by atoms with Gasteiger partial charge in [0.25, 0.3) is 0 Å². The van der Waals surface area contributed by atoms with E-state index in [4.69, 9.17) is 21.1 Å². The average Bonchev–Trinajstić information content (AvgIpc) is 3.07. The van der Waals surface area contributed by atoms with Crippen molar-refractivity contribution in [1.82, 2.24) is 10.2 Å². The predicted molar refractivity (Wildman–Crippen MR) is 102 cm³/mol. The number of H-pyrrole nitrogens is 1. The molecule has 140 valence electrons. The van der Waals surface area contributed by atoms with Crippen LogP contribution < -0.4 is 10.1 Å². The zero-order chi connectivity index (χ0) is 19.5. The molecule has 0 radical (unpaired) electrons. The van der Waals surface area contributed by atoms with Gasteiger partial charge < -0.3 is 14.8 Å². The van der Waals surface area contributed by atoms with Crippen LogP contribution in [0.3, 0.4) is 0 Å². The zero-order valence-corrected chi connectivity index (χ0v) is 15.1. The predicted octanol–water partition coefficient (Wildman–Crippen LogP) is 4.43. The van der Waals surface area contributed by atoms with Crippen molar-refractivity contribution in [3.63, 3.8) is 0 Å². The third-order valence-corrected chi connectivity index (χ3v) is 4.22. The molecule has 0 atom stereocenters. The summed E-state index contributed by atoms with van der Waals surface area (Å²) < 4.78 is 24.5. The summed E-state index contributed by atoms with van der Waals surface area (Å²) in [6, 6.07) is 11.7. The number of fused-ring (bicyclic) bond motifs is 1. The minimum absolute atomic E-state index is 0.0840. The summed E-state index contributed by atoms with van der Waals surface area (Å²) in [6.07, 6.45) is 1.42. The second kappa shape index (κ2) is 7.68. The lowest BCUT2D eigenvalue weighted by Crippen LogP contribution is -2.13. The van der Waals surface area contributed by atoms with E-state index in [1.54, 1.807) is 24.3 Å². The molecule has 1 aliphatic rings. The first-order valence-corrected chi connectivity index (χ1v) is 8.60. The van der Waals surface area contributed by atoms with Crippen LogP contribution in [0.25, 0.3) is 0 Å². The maximum absolute atomic E-state index is 13.8. The van der Waals surface area contributed by atoms with E-state index in [1.165, 1.54) is 18.3 Å². The Morgan fingerprint density at radius 1 is 1.36 bits per heavy atom. The minimum Gasteiger partial charge on any atom is -0.466 e. The van der Waals surface area contributed by atoms with E-state index in [1.807, 2.05) is 0 Å². The van der Waals surface area contributed by atoms with Crippen LogP contribution in [0, 0.1) is 17.1 Å². The normalized spacial score (nSPS) is 13.0. The van der Waals surface area contributed by atoms with E-state index < -0.39 is 5.82 Å². The van der Waals surface area contributed by atoms with Crippen LogP contribution in [-0.4, -0.2) is 23.2 Å². The Balaban J connectivity index is 1.64. The molecule has 0 amide bonds. The van der Waals surface area contributed by atoms with Gasteiger partial charge >= 0.3 is 0 Å². The SMILES string of the molecule is N#Cc1c(Nc2cccc(Cl)c2)n[nH]c1/N=C/c1cc(F)cc2c1OCOC2. The number of hydrogen-bond acceptors (Lipinski definition) is 6. The fourth-order valence-corrected chi connectivity index (χ4v) is 2.95. The second-order valence-electron chi connectivity index (χ2n) is 5.90. The molecule has 0 aliphatic carbocycles. The third-order valence-electron chi connectivity index (χ3n) is 3.98. The maximum Gasteiger partial charge on any atom is 0.189 e. The van der Waals surface area contributed by atoms with Crippen molar-refractivity contribution in [3.8, 4) is 11.8 Å². The van der Waals surface area contributed by atoms with Gasteiger partial charge in [-0.3, -0.25) is 5.10 Å². The van der Waals surface area contributed by atoms with Crippen molar-refractivity contribution in [2.75, 3.05) is 12.1 Å². The van der Waals surface area contributed by atoms with Gasteiger partial charge in [0, 0.05) is 28.1 Å². The first-order chi connectivity index (χ1) is 13.6. The molecule has 0 spiro atoms. The molecule has 0 saturated carbocycles. The van der Waals surface area contributed by atoms with Gasteiger partial charge in [0.1, 0.15) is 23.2 Å². The first-order valence-electron chi connectivity index (χ1n) is 8.22. The van der Waals surface area contributed by atoms with E-state index >= 15 is 0 Å². The molecule has 0 unspecified atom stereocenters. The van der Waals surface area contributed by atoms with Gasteiger partial charge in [-0.15, -0.1) is 0 Å². The summed E-state index contributed by atoms with van der Waals surface area (Å²) in [6.45, 7) is 0.343. The van der Waals surface area contributed by atoms with E-state index in [9.17, 15) is 9.65 Å². The Kier molecular flexibility index (Phi) is 4.93. The molecular weight excluding hydrogens is 385 g/mol. The Hall–Kier alpha value is -3.41. The number of hydrogen-bond donors (Lipinski definition) is 2. The first kappa shape index (κ1) is 18.0. The van der Waals surface area contributed by atoms with Gasteiger partial charge in [-0.1, -0.05) is 17.7 Å². The van der Waals surface area contributed by atoms with Gasteiger partial charge in [0.15, 0.2) is 18.4 Å². The van der Waals surface area contributed by atoms with E-state index in [0.717, 1.165) is 0 Å². The highest BCUT2D eigenvalue weighted by molar-refractivity contribution is 6.30. The Morgan fingerprint density at radius 3 is 3.07 bits per heavy atom. The Morgan fingerprint density at radius 2 is 2.25 bits per heavy atom. The largest absolute Gasteiger partial charge is 0.466 e. The van der Waals surface area contributed by atoms with Crippen LogP contribution in [-0.2, 0) is 11.3 Å². The third kappa shape index (κ3) is 3.67. The highest BCUT2D eigenvalue weighted by Gasteiger charge is 2.17. The molecule has 2 aromatic carbocycles. The monoisotopic (exact) mass is 397 g/mol. The number of aromatic amines is 1. The number of nitrogens with one attached hydrogen (secondary N) is 2. The molecular formula is C19H13ClFN5O2. The number of nitriles is 1. The van der Waals surface area contributed by atoms with E-state index in [0.29, 0.717) is 33.4 Å². The molecule has 4 rings (SSSR count). The molecule has 2 N–H and O–H groups in total. The van der Waals surface area contributed by atoms with Gasteiger partial charge in [0.2, 0.25) is 0 Å². The average molecular weight is 398 g/mol. The van der Waals surface area contributed by atoms with Gasteiger partial charge in [-0.05, 0) is 30.3 Å². The molecule has 1 aromatic heterocycles. The highest BCUT2D eigenvalue weighted by Crippen LogP contribution is 2.30. The van der Waals surface area contributed by atoms with Crippen LogP contribution in [0.1, 0.15) is 16.7 Å². The van der Waals surface area contributed by atoms with E-state index in [2.05, 4.69) is 26.6 Å². The summed E-state index contributed by atoms with van der Waals surface area (Å²) in [7, 11) is 0. The summed E-state index contributed by atoms with van der Waals surface area (Å²) in [5.74, 6) is 0.620. The van der Waals surface area contributed by atoms with Crippen molar-refractivity contribution in [1.29, 1.82) is 5.26 Å². The van der Waals surface area contributed by atoms with Gasteiger partial charge in [-0.25, -0.2) is 9.38 Å². The van der Waals surface area contributed by atoms with Crippen molar-refractivity contribution in [3.05, 3.63) is 63.9 Å². The topological polar surface area (TPSA) is 95.3 Å². The molecule has 0 saturated heterocycles. The van der Waals surface area contributed by atoms with Gasteiger partial charge in [-0.2, -0.15) is 10.4 Å². The number of aliphatic imine (C=N–C) groups is 1. The Labute approximate surface area is 164 Å². The van der Waals surface area contributed by atoms with Crippen LogP contribution in [0.15, 0.2) is 41.4 Å². The molecule has 2 heterocycles. The fourth-order valence-electron chi connectivity index (χ4n) is 2.76. The lowest BCUT2D eigenvalue weighted by Gasteiger charge is -2.19. The quantitative estimate of drug-likeness (QED) is 0.635. The summed E-state index contributed by atoms with van der Waals surface area (Å²) in [5.41, 5.74) is 1.94. The van der Waals surface area contributed by atoms with Crippen molar-refractivity contribution in [2.24, 2.45) is 4.99 Å². The molecule has 3 aromatic rings. The summed E-state index contributed by atoms with van der Waals surface area (Å²) >= 11 is 5.97. The Bertz CT molecular complexity index is 1110. The molecule has 0 fully saturated rings. The smallest absolute Gasteiger partial charge is 0.189 e. The zero-order valence-electron chi connectivity index (χ0n) is 14.4. The molecule has 9 heteroatoms. The lowest BCUT2D eigenvalue weighted by molar-refractivity contribution is -0.0166. The van der Waals surface area contributed by atoms with Crippen molar-refractivity contribution >= 4 is 35.1 Å².